The van der Waals surface area contributed by atoms with Gasteiger partial charge in [-0.1, -0.05) is 46.9 Å². The number of imidazole rings is 1. The average Bonchev–Trinajstić information content (AvgIpc) is 2.97. The van der Waals surface area contributed by atoms with E-state index in [9.17, 15) is 13.2 Å². The van der Waals surface area contributed by atoms with Gasteiger partial charge in [0, 0.05) is 0 Å². The second kappa shape index (κ2) is 6.84. The predicted octanol–water partition coefficient (Wildman–Crippen LogP) is 3.94. The first kappa shape index (κ1) is 18.0. The second-order valence-corrected chi connectivity index (χ2v) is 8.24. The van der Waals surface area contributed by atoms with Crippen LogP contribution in [0.15, 0.2) is 41.6 Å². The molecule has 1 heterocycles. The maximum absolute atomic E-state index is 12.4. The number of aromatic nitrogens is 2. The third-order valence-corrected chi connectivity index (χ3v) is 5.73. The SMILES string of the molecule is O=C(CS(=O)(=O)c1nc2ccccc2[nH]1)Nc1cc(Cl)c(Cl)cc1Cl. The van der Waals surface area contributed by atoms with Gasteiger partial charge in [-0.3, -0.25) is 4.79 Å². The molecule has 6 nitrogen and oxygen atoms in total. The van der Waals surface area contributed by atoms with Crippen LogP contribution in [0.3, 0.4) is 0 Å². The summed E-state index contributed by atoms with van der Waals surface area (Å²) in [5, 5.41) is 2.68. The van der Waals surface area contributed by atoms with E-state index in [4.69, 9.17) is 34.8 Å². The third-order valence-electron chi connectivity index (χ3n) is 3.27. The molecule has 25 heavy (non-hydrogen) atoms. The van der Waals surface area contributed by atoms with E-state index in [-0.39, 0.29) is 25.9 Å². The number of nitrogens with one attached hydrogen (secondary N) is 2. The van der Waals surface area contributed by atoms with Crippen molar-refractivity contribution in [3.63, 3.8) is 0 Å². The van der Waals surface area contributed by atoms with Gasteiger partial charge in [-0.2, -0.15) is 0 Å². The first-order chi connectivity index (χ1) is 11.8. The Balaban J connectivity index is 1.81. The van der Waals surface area contributed by atoms with Crippen molar-refractivity contribution < 1.29 is 13.2 Å². The molecule has 2 N–H and O–H groups in total. The summed E-state index contributed by atoms with van der Waals surface area (Å²) >= 11 is 17.6. The standard InChI is InChI=1S/C15H10Cl3N3O3S/c16-8-5-10(18)13(6-9(8)17)19-14(22)7-25(23,24)15-20-11-3-1-2-4-12(11)21-15/h1-6H,7H2,(H,19,22)(H,20,21). The van der Waals surface area contributed by atoms with Gasteiger partial charge in [-0.15, -0.1) is 0 Å². The van der Waals surface area contributed by atoms with Crippen LogP contribution in [0.5, 0.6) is 0 Å². The van der Waals surface area contributed by atoms with Crippen LogP contribution >= 0.6 is 34.8 Å². The summed E-state index contributed by atoms with van der Waals surface area (Å²) in [7, 11) is -3.95. The molecule has 0 saturated carbocycles. The molecule has 10 heteroatoms. The molecule has 0 aliphatic heterocycles. The molecule has 0 radical (unpaired) electrons. The molecule has 0 spiro atoms. The van der Waals surface area contributed by atoms with Crippen molar-refractivity contribution in [2.24, 2.45) is 0 Å². The van der Waals surface area contributed by atoms with Gasteiger partial charge in [0.15, 0.2) is 0 Å². The molecule has 0 atom stereocenters. The Hall–Kier alpha value is -1.80. The highest BCUT2D eigenvalue weighted by Gasteiger charge is 2.23. The van der Waals surface area contributed by atoms with Crippen LogP contribution in [-0.4, -0.2) is 30.0 Å². The maximum atomic E-state index is 12.4. The molecular weight excluding hydrogens is 409 g/mol. The predicted molar refractivity (Wildman–Crippen MR) is 98.2 cm³/mol. The zero-order chi connectivity index (χ0) is 18.2. The summed E-state index contributed by atoms with van der Waals surface area (Å²) in [4.78, 5) is 18.8. The average molecular weight is 419 g/mol. The smallest absolute Gasteiger partial charge is 0.240 e. The van der Waals surface area contributed by atoms with Crippen molar-refractivity contribution in [2.75, 3.05) is 11.1 Å². The number of carbonyl (C=O) groups excluding carboxylic acids is 1. The summed E-state index contributed by atoms with van der Waals surface area (Å²) in [6.45, 7) is 0. The number of sulfone groups is 1. The first-order valence-corrected chi connectivity index (χ1v) is 9.67. The van der Waals surface area contributed by atoms with Gasteiger partial charge in [-0.25, -0.2) is 13.4 Å². The highest BCUT2D eigenvalue weighted by molar-refractivity contribution is 7.92. The fraction of sp³-hybridized carbons (Fsp3) is 0.0667. The van der Waals surface area contributed by atoms with E-state index in [1.165, 1.54) is 12.1 Å². The fourth-order valence-corrected chi connectivity index (χ4v) is 3.77. The van der Waals surface area contributed by atoms with Gasteiger partial charge in [0.2, 0.25) is 20.9 Å². The highest BCUT2D eigenvalue weighted by atomic mass is 35.5. The van der Waals surface area contributed by atoms with Gasteiger partial charge in [-0.05, 0) is 24.3 Å². The number of nitrogens with zero attached hydrogens (tertiary/aromatic N) is 1. The quantitative estimate of drug-likeness (QED) is 0.628. The fourth-order valence-electron chi connectivity index (χ4n) is 2.12. The number of rotatable bonds is 4. The van der Waals surface area contributed by atoms with E-state index in [0.717, 1.165) is 0 Å². The number of H-pyrrole nitrogens is 1. The number of benzene rings is 2. The van der Waals surface area contributed by atoms with E-state index >= 15 is 0 Å². The lowest BCUT2D eigenvalue weighted by atomic mass is 10.3. The summed E-state index contributed by atoms with van der Waals surface area (Å²) in [5.41, 5.74) is 1.23. The van der Waals surface area contributed by atoms with Crippen LogP contribution < -0.4 is 5.32 Å². The zero-order valence-corrected chi connectivity index (χ0v) is 15.5. The molecule has 1 amide bonds. The molecule has 130 valence electrons. The number of hydrogen-bond acceptors (Lipinski definition) is 4. The molecule has 0 aliphatic rings. The van der Waals surface area contributed by atoms with Crippen molar-refractivity contribution in [3.05, 3.63) is 51.5 Å². The summed E-state index contributed by atoms with van der Waals surface area (Å²) < 4.78 is 24.7. The van der Waals surface area contributed by atoms with Crippen LogP contribution in [-0.2, 0) is 14.6 Å². The molecule has 1 aromatic heterocycles. The number of para-hydroxylation sites is 2. The zero-order valence-electron chi connectivity index (χ0n) is 12.4. The Morgan fingerprint density at radius 3 is 2.48 bits per heavy atom. The van der Waals surface area contributed by atoms with E-state index in [0.29, 0.717) is 11.0 Å². The minimum absolute atomic E-state index is 0.142. The molecule has 3 rings (SSSR count). The molecule has 0 unspecified atom stereocenters. The van der Waals surface area contributed by atoms with Crippen molar-refractivity contribution in [3.8, 4) is 0 Å². The van der Waals surface area contributed by atoms with Crippen molar-refractivity contribution in [1.82, 2.24) is 9.97 Å². The minimum Gasteiger partial charge on any atom is -0.329 e. The maximum Gasteiger partial charge on any atom is 0.240 e. The monoisotopic (exact) mass is 417 g/mol. The van der Waals surface area contributed by atoms with Crippen molar-refractivity contribution in [1.29, 1.82) is 0 Å². The molecule has 0 fully saturated rings. The van der Waals surface area contributed by atoms with Crippen LogP contribution in [0.25, 0.3) is 11.0 Å². The topological polar surface area (TPSA) is 91.9 Å². The van der Waals surface area contributed by atoms with Crippen LogP contribution in [0.2, 0.25) is 15.1 Å². The van der Waals surface area contributed by atoms with Crippen LogP contribution in [0, 0.1) is 0 Å². The van der Waals surface area contributed by atoms with Crippen LogP contribution in [0.1, 0.15) is 0 Å². The third kappa shape index (κ3) is 3.90. The normalized spacial score (nSPS) is 11.6. The minimum atomic E-state index is -3.95. The number of halogens is 3. The van der Waals surface area contributed by atoms with E-state index < -0.39 is 21.5 Å². The van der Waals surface area contributed by atoms with Gasteiger partial charge >= 0.3 is 0 Å². The molecular formula is C15H10Cl3N3O3S. The Bertz CT molecular complexity index is 1050. The lowest BCUT2D eigenvalue weighted by molar-refractivity contribution is -0.113. The first-order valence-electron chi connectivity index (χ1n) is 6.88. The summed E-state index contributed by atoms with van der Waals surface area (Å²) in [6, 6.07) is 9.54. The number of anilines is 1. The summed E-state index contributed by atoms with van der Waals surface area (Å²) in [5.74, 6) is -1.58. The number of amides is 1. The lowest BCUT2D eigenvalue weighted by Crippen LogP contribution is -2.23. The Morgan fingerprint density at radius 1 is 1.08 bits per heavy atom. The van der Waals surface area contributed by atoms with Gasteiger partial charge in [0.1, 0.15) is 5.75 Å². The van der Waals surface area contributed by atoms with Gasteiger partial charge in [0.05, 0.1) is 31.8 Å². The molecule has 0 aliphatic carbocycles. The molecule has 3 aromatic rings. The molecule has 0 bridgehead atoms. The Morgan fingerprint density at radius 2 is 1.76 bits per heavy atom. The van der Waals surface area contributed by atoms with Crippen LogP contribution in [0.4, 0.5) is 5.69 Å². The second-order valence-electron chi connectivity index (χ2n) is 5.11. The Labute approximate surface area is 158 Å². The Kier molecular flexibility index (Phi) is 4.92. The van der Waals surface area contributed by atoms with E-state index in [1.54, 1.807) is 24.3 Å². The van der Waals surface area contributed by atoms with Crippen molar-refractivity contribution in [2.45, 2.75) is 5.16 Å². The largest absolute Gasteiger partial charge is 0.329 e. The van der Waals surface area contributed by atoms with E-state index in [1.807, 2.05) is 0 Å². The lowest BCUT2D eigenvalue weighted by Gasteiger charge is -2.08. The van der Waals surface area contributed by atoms with Crippen molar-refractivity contribution >= 4 is 67.3 Å². The highest BCUT2D eigenvalue weighted by Crippen LogP contribution is 2.32. The number of hydrogen-bond donors (Lipinski definition) is 2. The number of carbonyl (C=O) groups is 1. The van der Waals surface area contributed by atoms with Gasteiger partial charge in [0.25, 0.3) is 0 Å². The van der Waals surface area contributed by atoms with Gasteiger partial charge < -0.3 is 10.3 Å². The van der Waals surface area contributed by atoms with E-state index in [2.05, 4.69) is 15.3 Å². The number of fused-ring (bicyclic) bond motifs is 1. The number of aromatic amines is 1. The summed E-state index contributed by atoms with van der Waals surface area (Å²) in [6.07, 6.45) is 0. The molecule has 2 aromatic carbocycles. The molecule has 0 saturated heterocycles.